The number of Topliss-reactive ketones (excluding diaryl/α,β-unsaturated/α-hetero) is 1. The number of hydrogen-bond donors (Lipinski definition) is 1. The number of pyridine rings is 1. The van der Waals surface area contributed by atoms with Crippen molar-refractivity contribution < 1.29 is 9.59 Å². The van der Waals surface area contributed by atoms with Crippen molar-refractivity contribution in [3.8, 4) is 0 Å². The molecule has 3 rings (SSSR count). The predicted octanol–water partition coefficient (Wildman–Crippen LogP) is 2.60. The minimum absolute atomic E-state index is 0.0468. The third-order valence-electron chi connectivity index (χ3n) is 5.44. The molecule has 1 aromatic rings. The molecular weight excluding hydrogens is 372 g/mol. The number of aromatic nitrogens is 1. The van der Waals surface area contributed by atoms with Gasteiger partial charge in [-0.15, -0.1) is 12.6 Å². The van der Waals surface area contributed by atoms with Gasteiger partial charge in [-0.05, 0) is 44.4 Å². The van der Waals surface area contributed by atoms with Crippen LogP contribution in [0.4, 0.5) is 5.82 Å². The third kappa shape index (κ3) is 6.87. The van der Waals surface area contributed by atoms with Gasteiger partial charge in [0.25, 0.3) is 0 Å². The zero-order chi connectivity index (χ0) is 20.5. The highest BCUT2D eigenvalue weighted by molar-refractivity contribution is 7.96. The van der Waals surface area contributed by atoms with Crippen molar-refractivity contribution in [2.45, 2.75) is 33.6 Å². The van der Waals surface area contributed by atoms with Crippen LogP contribution < -0.4 is 4.90 Å². The predicted molar refractivity (Wildman–Crippen MR) is 117 cm³/mol. The van der Waals surface area contributed by atoms with Gasteiger partial charge in [-0.1, -0.05) is 13.8 Å². The van der Waals surface area contributed by atoms with Crippen LogP contribution in [0.15, 0.2) is 18.3 Å². The first-order chi connectivity index (χ1) is 13.5. The number of carbonyl (C=O) groups is 2. The topological polar surface area (TPSA) is 56.8 Å². The number of nitrogens with zero attached hydrogens (tertiary/aromatic N) is 4. The van der Waals surface area contributed by atoms with E-state index in [4.69, 9.17) is 0 Å². The van der Waals surface area contributed by atoms with E-state index in [2.05, 4.69) is 32.3 Å². The number of thiol groups is 1. The van der Waals surface area contributed by atoms with Crippen molar-refractivity contribution in [3.63, 3.8) is 0 Å². The monoisotopic (exact) mass is 406 g/mol. The number of ketones is 1. The Labute approximate surface area is 174 Å². The van der Waals surface area contributed by atoms with Crippen LogP contribution in [0.3, 0.4) is 0 Å². The molecule has 2 saturated heterocycles. The average molecular weight is 407 g/mol. The van der Waals surface area contributed by atoms with Crippen molar-refractivity contribution in [1.29, 1.82) is 0 Å². The molecule has 28 heavy (non-hydrogen) atoms. The Morgan fingerprint density at radius 1 is 1.11 bits per heavy atom. The molecule has 0 radical (unpaired) electrons. The van der Waals surface area contributed by atoms with Gasteiger partial charge in [0.2, 0.25) is 0 Å². The molecule has 0 aromatic carbocycles. The summed E-state index contributed by atoms with van der Waals surface area (Å²) >= 11 is 3.86. The maximum atomic E-state index is 11.4. The van der Waals surface area contributed by atoms with Crippen LogP contribution in [0.25, 0.3) is 0 Å². The van der Waals surface area contributed by atoms with Crippen molar-refractivity contribution >= 4 is 29.3 Å². The van der Waals surface area contributed by atoms with Gasteiger partial charge >= 0.3 is 0 Å². The third-order valence-corrected chi connectivity index (χ3v) is 5.58. The molecule has 0 N–H and O–H groups in total. The first-order valence-electron chi connectivity index (χ1n) is 10.4. The van der Waals surface area contributed by atoms with E-state index in [1.807, 2.05) is 26.0 Å². The molecule has 6 nitrogen and oxygen atoms in total. The lowest BCUT2D eigenvalue weighted by Gasteiger charge is -2.34. The van der Waals surface area contributed by atoms with E-state index < -0.39 is 0 Å². The van der Waals surface area contributed by atoms with Gasteiger partial charge in [0.15, 0.2) is 10.9 Å². The zero-order valence-electron chi connectivity index (χ0n) is 17.4. The molecule has 0 spiro atoms. The molecule has 0 saturated carbocycles. The maximum absolute atomic E-state index is 11.4. The number of carbonyl (C=O) groups excluding carboxylic acids is 2. The van der Waals surface area contributed by atoms with Gasteiger partial charge in [-0.3, -0.25) is 14.5 Å². The van der Waals surface area contributed by atoms with E-state index in [0.29, 0.717) is 18.0 Å². The van der Waals surface area contributed by atoms with Gasteiger partial charge in [-0.25, -0.2) is 4.98 Å². The van der Waals surface area contributed by atoms with E-state index in [9.17, 15) is 9.59 Å². The lowest BCUT2D eigenvalue weighted by atomic mass is 10.0. The van der Waals surface area contributed by atoms with Crippen molar-refractivity contribution in [3.05, 3.63) is 23.9 Å². The zero-order valence-corrected chi connectivity index (χ0v) is 18.3. The molecule has 156 valence electrons. The van der Waals surface area contributed by atoms with Crippen LogP contribution in [0.5, 0.6) is 0 Å². The minimum Gasteiger partial charge on any atom is -0.356 e. The summed E-state index contributed by atoms with van der Waals surface area (Å²) in [5.41, 5.74) is 0.670. The molecule has 2 aliphatic heterocycles. The number of rotatable bonds is 7. The van der Waals surface area contributed by atoms with E-state index in [0.717, 1.165) is 51.6 Å². The van der Waals surface area contributed by atoms with Crippen LogP contribution in [0.1, 0.15) is 44.0 Å². The molecule has 2 aliphatic rings. The first kappa shape index (κ1) is 22.8. The SMILES string of the molecule is CC.CC(=O)c1ccc(N2CCC(CCN3CCN(CC(=O)S)CC3)C2)nc1. The highest BCUT2D eigenvalue weighted by Crippen LogP contribution is 2.24. The highest BCUT2D eigenvalue weighted by Gasteiger charge is 2.25. The molecule has 0 amide bonds. The second-order valence-corrected chi connectivity index (χ2v) is 7.86. The van der Waals surface area contributed by atoms with Crippen LogP contribution in [0, 0.1) is 5.92 Å². The van der Waals surface area contributed by atoms with Crippen LogP contribution in [0.2, 0.25) is 0 Å². The second-order valence-electron chi connectivity index (χ2n) is 7.36. The molecule has 1 aromatic heterocycles. The van der Waals surface area contributed by atoms with Gasteiger partial charge < -0.3 is 9.80 Å². The Kier molecular flexibility index (Phi) is 9.41. The number of piperazine rings is 1. The van der Waals surface area contributed by atoms with Gasteiger partial charge in [0.1, 0.15) is 5.82 Å². The molecule has 7 heteroatoms. The highest BCUT2D eigenvalue weighted by atomic mass is 32.1. The molecule has 2 fully saturated rings. The summed E-state index contributed by atoms with van der Waals surface area (Å²) in [5, 5.41) is -0.0468. The summed E-state index contributed by atoms with van der Waals surface area (Å²) in [6.45, 7) is 13.2. The number of anilines is 1. The quantitative estimate of drug-likeness (QED) is 0.555. The van der Waals surface area contributed by atoms with Crippen LogP contribution >= 0.6 is 12.6 Å². The summed E-state index contributed by atoms with van der Waals surface area (Å²) in [4.78, 5) is 33.9. The van der Waals surface area contributed by atoms with E-state index in [1.165, 1.54) is 12.8 Å². The van der Waals surface area contributed by atoms with Gasteiger partial charge in [-0.2, -0.15) is 0 Å². The summed E-state index contributed by atoms with van der Waals surface area (Å²) in [6, 6.07) is 3.83. The molecule has 3 heterocycles. The fourth-order valence-corrected chi connectivity index (χ4v) is 3.99. The second kappa shape index (κ2) is 11.5. The molecule has 1 unspecified atom stereocenters. The Hall–Kier alpha value is -1.44. The largest absolute Gasteiger partial charge is 0.356 e. The van der Waals surface area contributed by atoms with Crippen LogP contribution in [-0.4, -0.2) is 78.0 Å². The number of hydrogen-bond acceptors (Lipinski definition) is 6. The van der Waals surface area contributed by atoms with E-state index in [1.54, 1.807) is 13.1 Å². The smallest absolute Gasteiger partial charge is 0.199 e. The molecule has 0 aliphatic carbocycles. The maximum Gasteiger partial charge on any atom is 0.199 e. The van der Waals surface area contributed by atoms with Crippen molar-refractivity contribution in [2.24, 2.45) is 5.92 Å². The average Bonchev–Trinajstić information content (AvgIpc) is 3.18. The van der Waals surface area contributed by atoms with Crippen molar-refractivity contribution in [1.82, 2.24) is 14.8 Å². The summed E-state index contributed by atoms with van der Waals surface area (Å²) in [7, 11) is 0. The van der Waals surface area contributed by atoms with E-state index >= 15 is 0 Å². The first-order valence-corrected chi connectivity index (χ1v) is 10.8. The molecule has 0 bridgehead atoms. The van der Waals surface area contributed by atoms with Crippen molar-refractivity contribution in [2.75, 3.05) is 57.3 Å². The molecular formula is C21H34N4O2S. The summed E-state index contributed by atoms with van der Waals surface area (Å²) < 4.78 is 0. The summed E-state index contributed by atoms with van der Waals surface area (Å²) in [6.07, 6.45) is 4.08. The Balaban J connectivity index is 0.00000136. The molecule has 1 atom stereocenters. The Morgan fingerprint density at radius 2 is 1.79 bits per heavy atom. The van der Waals surface area contributed by atoms with Crippen LogP contribution in [-0.2, 0) is 4.79 Å². The Bertz CT molecular complexity index is 630. The normalized spacial score (nSPS) is 20.6. The standard InChI is InChI=1S/C19H28N4O2S.C2H6/c1-15(24)17-2-3-18(20-12-17)23-7-5-16(13-23)4-6-21-8-10-22(11-9-21)14-19(25)26;1-2/h2-3,12,16H,4-11,13-14H2,1H3,(H,25,26);1-2H3. The Morgan fingerprint density at radius 3 is 2.36 bits per heavy atom. The summed E-state index contributed by atoms with van der Waals surface area (Å²) in [5.74, 6) is 1.73. The fraction of sp³-hybridized carbons (Fsp3) is 0.667. The lowest BCUT2D eigenvalue weighted by Crippen LogP contribution is -2.47. The van der Waals surface area contributed by atoms with E-state index in [-0.39, 0.29) is 10.9 Å². The fourth-order valence-electron chi connectivity index (χ4n) is 3.79. The minimum atomic E-state index is -0.0468. The van der Waals surface area contributed by atoms with Gasteiger partial charge in [0.05, 0.1) is 6.54 Å². The van der Waals surface area contributed by atoms with Gasteiger partial charge in [0, 0.05) is 51.0 Å². The lowest BCUT2D eigenvalue weighted by molar-refractivity contribution is -0.112.